The van der Waals surface area contributed by atoms with E-state index in [1.165, 1.54) is 31.2 Å². The number of allylic oxidation sites excluding steroid dienone is 2. The highest BCUT2D eigenvalue weighted by atomic mass is 14.3. The van der Waals surface area contributed by atoms with Crippen molar-refractivity contribution in [2.75, 3.05) is 0 Å². The molecule has 15 heavy (non-hydrogen) atoms. The highest BCUT2D eigenvalue weighted by Gasteiger charge is 2.27. The minimum Gasteiger partial charge on any atom is -0.0592 e. The van der Waals surface area contributed by atoms with Crippen molar-refractivity contribution >= 4 is 5.57 Å². The van der Waals surface area contributed by atoms with Gasteiger partial charge in [0.25, 0.3) is 0 Å². The van der Waals surface area contributed by atoms with Crippen LogP contribution < -0.4 is 0 Å². The zero-order valence-corrected chi connectivity index (χ0v) is 9.64. The van der Waals surface area contributed by atoms with Gasteiger partial charge in [-0.25, -0.2) is 0 Å². The Labute approximate surface area is 92.0 Å². The van der Waals surface area contributed by atoms with Crippen molar-refractivity contribution in [2.45, 2.75) is 39.5 Å². The average Bonchev–Trinajstić information content (AvgIpc) is 2.58. The molecule has 0 spiro atoms. The average molecular weight is 198 g/mol. The van der Waals surface area contributed by atoms with Crippen LogP contribution in [0.4, 0.5) is 0 Å². The van der Waals surface area contributed by atoms with E-state index in [0.29, 0.717) is 0 Å². The zero-order valence-electron chi connectivity index (χ0n) is 9.64. The molecule has 0 N–H and O–H groups in total. The molecule has 1 unspecified atom stereocenters. The van der Waals surface area contributed by atoms with Gasteiger partial charge in [0.2, 0.25) is 0 Å². The molecule has 0 heterocycles. The summed E-state index contributed by atoms with van der Waals surface area (Å²) in [6, 6.07) is 6.97. The van der Waals surface area contributed by atoms with E-state index in [9.17, 15) is 0 Å². The molecule has 0 fully saturated rings. The molecule has 0 aromatic heterocycles. The Morgan fingerprint density at radius 1 is 1.27 bits per heavy atom. The third-order valence-electron chi connectivity index (χ3n) is 4.02. The number of hydrogen-bond donors (Lipinski definition) is 0. The fraction of sp³-hybridized carbons (Fsp3) is 0.467. The number of aryl methyl sites for hydroxylation is 1. The molecule has 1 atom stereocenters. The fourth-order valence-corrected chi connectivity index (χ4v) is 3.14. The summed E-state index contributed by atoms with van der Waals surface area (Å²) in [4.78, 5) is 0. The summed E-state index contributed by atoms with van der Waals surface area (Å²) >= 11 is 0. The Hall–Kier alpha value is -1.04. The van der Waals surface area contributed by atoms with Crippen LogP contribution in [-0.2, 0) is 6.42 Å². The van der Waals surface area contributed by atoms with Gasteiger partial charge in [-0.2, -0.15) is 0 Å². The molecule has 0 saturated carbocycles. The first-order chi connectivity index (χ1) is 7.25. The van der Waals surface area contributed by atoms with Gasteiger partial charge >= 0.3 is 0 Å². The molecule has 0 bridgehead atoms. The van der Waals surface area contributed by atoms with Crippen molar-refractivity contribution < 1.29 is 0 Å². The summed E-state index contributed by atoms with van der Waals surface area (Å²) in [6.45, 7) is 4.60. The molecule has 0 radical (unpaired) electrons. The van der Waals surface area contributed by atoms with Crippen LogP contribution in [0.25, 0.3) is 5.57 Å². The van der Waals surface area contributed by atoms with Gasteiger partial charge < -0.3 is 0 Å². The van der Waals surface area contributed by atoms with Crippen molar-refractivity contribution in [3.63, 3.8) is 0 Å². The molecule has 0 amide bonds. The second-order valence-corrected chi connectivity index (χ2v) is 5.13. The van der Waals surface area contributed by atoms with E-state index in [1.54, 1.807) is 22.3 Å². The second-order valence-electron chi connectivity index (χ2n) is 5.13. The molecule has 0 nitrogen and oxygen atoms in total. The van der Waals surface area contributed by atoms with Crippen LogP contribution in [0, 0.1) is 12.8 Å². The Morgan fingerprint density at radius 2 is 2.13 bits per heavy atom. The Kier molecular flexibility index (Phi) is 1.98. The van der Waals surface area contributed by atoms with Crippen LogP contribution in [0.1, 0.15) is 42.9 Å². The van der Waals surface area contributed by atoms with Gasteiger partial charge in [0.1, 0.15) is 0 Å². The number of fused-ring (bicyclic) bond motifs is 2. The van der Waals surface area contributed by atoms with Crippen LogP contribution in [-0.4, -0.2) is 0 Å². The summed E-state index contributed by atoms with van der Waals surface area (Å²) < 4.78 is 0. The monoisotopic (exact) mass is 198 g/mol. The molecule has 1 aromatic rings. The third kappa shape index (κ3) is 1.35. The van der Waals surface area contributed by atoms with Gasteiger partial charge in [-0.05, 0) is 55.2 Å². The van der Waals surface area contributed by atoms with Gasteiger partial charge in [0.05, 0.1) is 0 Å². The minimum absolute atomic E-state index is 0.821. The number of hydrogen-bond acceptors (Lipinski definition) is 0. The lowest BCUT2D eigenvalue weighted by Crippen LogP contribution is -2.05. The Morgan fingerprint density at radius 3 is 3.00 bits per heavy atom. The predicted molar refractivity (Wildman–Crippen MR) is 64.8 cm³/mol. The summed E-state index contributed by atoms with van der Waals surface area (Å²) in [6.07, 6.45) is 5.32. The second kappa shape index (κ2) is 3.23. The van der Waals surface area contributed by atoms with Gasteiger partial charge in [0, 0.05) is 0 Å². The van der Waals surface area contributed by atoms with Gasteiger partial charge in [-0.15, -0.1) is 0 Å². The Bertz CT molecular complexity index is 437. The van der Waals surface area contributed by atoms with E-state index in [0.717, 1.165) is 5.92 Å². The van der Waals surface area contributed by atoms with Crippen molar-refractivity contribution in [1.29, 1.82) is 0 Å². The number of benzene rings is 1. The summed E-state index contributed by atoms with van der Waals surface area (Å²) in [5.74, 6) is 0.821. The standard InChI is InChI=1S/C15H18/c1-10-6-7-12-9-14-11(2)4-3-5-13(14)15(12)8-10/h6-8,11H,3-5,9H2,1-2H3. The van der Waals surface area contributed by atoms with Crippen molar-refractivity contribution in [2.24, 2.45) is 5.92 Å². The van der Waals surface area contributed by atoms with Crippen LogP contribution in [0.15, 0.2) is 23.8 Å². The van der Waals surface area contributed by atoms with E-state index in [1.807, 2.05) is 0 Å². The van der Waals surface area contributed by atoms with Crippen molar-refractivity contribution in [1.82, 2.24) is 0 Å². The minimum atomic E-state index is 0.821. The molecular formula is C15H18. The largest absolute Gasteiger partial charge is 0.0592 e. The predicted octanol–water partition coefficient (Wildman–Crippen LogP) is 4.12. The molecule has 0 saturated heterocycles. The SMILES string of the molecule is Cc1ccc2c(c1)C1=C(C2)C(C)CCC1. The van der Waals surface area contributed by atoms with Crippen molar-refractivity contribution in [3.8, 4) is 0 Å². The van der Waals surface area contributed by atoms with Crippen molar-refractivity contribution in [3.05, 3.63) is 40.5 Å². The molecule has 2 aliphatic rings. The Balaban J connectivity index is 2.12. The maximum atomic E-state index is 2.40. The first kappa shape index (κ1) is 9.21. The lowest BCUT2D eigenvalue weighted by Gasteiger charge is -2.21. The van der Waals surface area contributed by atoms with E-state index in [2.05, 4.69) is 32.0 Å². The zero-order chi connectivity index (χ0) is 10.4. The van der Waals surface area contributed by atoms with Gasteiger partial charge in [-0.3, -0.25) is 0 Å². The smallest absolute Gasteiger partial charge is 0.00523 e. The normalized spacial score (nSPS) is 24.0. The quantitative estimate of drug-likeness (QED) is 0.588. The molecule has 3 rings (SSSR count). The number of rotatable bonds is 0. The summed E-state index contributed by atoms with van der Waals surface area (Å²) in [5, 5.41) is 0. The summed E-state index contributed by atoms with van der Waals surface area (Å²) in [7, 11) is 0. The third-order valence-corrected chi connectivity index (χ3v) is 4.02. The van der Waals surface area contributed by atoms with E-state index < -0.39 is 0 Å². The van der Waals surface area contributed by atoms with Crippen LogP contribution >= 0.6 is 0 Å². The van der Waals surface area contributed by atoms with Gasteiger partial charge in [0.15, 0.2) is 0 Å². The van der Waals surface area contributed by atoms with Crippen LogP contribution in [0.3, 0.4) is 0 Å². The molecule has 2 aliphatic carbocycles. The first-order valence-corrected chi connectivity index (χ1v) is 6.07. The van der Waals surface area contributed by atoms with E-state index in [4.69, 9.17) is 0 Å². The highest BCUT2D eigenvalue weighted by molar-refractivity contribution is 5.77. The van der Waals surface area contributed by atoms with Crippen LogP contribution in [0.5, 0.6) is 0 Å². The van der Waals surface area contributed by atoms with E-state index in [-0.39, 0.29) is 0 Å². The maximum absolute atomic E-state index is 2.40. The summed E-state index contributed by atoms with van der Waals surface area (Å²) in [5.41, 5.74) is 7.96. The molecule has 0 aliphatic heterocycles. The van der Waals surface area contributed by atoms with Gasteiger partial charge in [-0.1, -0.05) is 36.3 Å². The molecule has 0 heteroatoms. The first-order valence-electron chi connectivity index (χ1n) is 6.07. The van der Waals surface area contributed by atoms with Crippen LogP contribution in [0.2, 0.25) is 0 Å². The fourth-order valence-electron chi connectivity index (χ4n) is 3.14. The topological polar surface area (TPSA) is 0 Å². The highest BCUT2D eigenvalue weighted by Crippen LogP contribution is 2.44. The molecule has 78 valence electrons. The molecular weight excluding hydrogens is 180 g/mol. The lowest BCUT2D eigenvalue weighted by atomic mass is 9.84. The maximum Gasteiger partial charge on any atom is -0.00523 e. The van der Waals surface area contributed by atoms with E-state index >= 15 is 0 Å². The molecule has 1 aromatic carbocycles. The lowest BCUT2D eigenvalue weighted by molar-refractivity contribution is 0.556.